The number of phenols is 1. The molecule has 1 aromatic rings. The van der Waals surface area contributed by atoms with E-state index >= 15 is 0 Å². The Morgan fingerprint density at radius 3 is 2.68 bits per heavy atom. The second-order valence-electron chi connectivity index (χ2n) is 5.04. The van der Waals surface area contributed by atoms with Crippen molar-refractivity contribution >= 4 is 35.8 Å². The van der Waals surface area contributed by atoms with Crippen molar-refractivity contribution in [2.24, 2.45) is 4.99 Å². The lowest BCUT2D eigenvalue weighted by atomic mass is 10.2. The Morgan fingerprint density at radius 1 is 1.20 bits per heavy atom. The number of rotatable bonds is 10. The van der Waals surface area contributed by atoms with Crippen LogP contribution < -0.4 is 16.0 Å². The number of guanidine groups is 1. The zero-order valence-corrected chi connectivity index (χ0v) is 17.2. The van der Waals surface area contributed by atoms with Gasteiger partial charge in [0, 0.05) is 38.3 Å². The van der Waals surface area contributed by atoms with Gasteiger partial charge in [-0.3, -0.25) is 9.79 Å². The van der Waals surface area contributed by atoms with Crippen LogP contribution in [-0.2, 0) is 4.74 Å². The third-order valence-corrected chi connectivity index (χ3v) is 3.09. The Morgan fingerprint density at radius 2 is 2.00 bits per heavy atom. The molecule has 0 saturated heterocycles. The summed E-state index contributed by atoms with van der Waals surface area (Å²) >= 11 is 0. The van der Waals surface area contributed by atoms with Gasteiger partial charge in [0.15, 0.2) is 5.96 Å². The number of aliphatic imine (C=N–C) groups is 1. The Kier molecular flexibility index (Phi) is 13.8. The quantitative estimate of drug-likeness (QED) is 0.183. The summed E-state index contributed by atoms with van der Waals surface area (Å²) in [5.41, 5.74) is 0.449. The van der Waals surface area contributed by atoms with Gasteiger partial charge >= 0.3 is 0 Å². The molecule has 0 aliphatic rings. The smallest absolute Gasteiger partial charge is 0.251 e. The van der Waals surface area contributed by atoms with Crippen molar-refractivity contribution in [3.05, 3.63) is 29.8 Å². The summed E-state index contributed by atoms with van der Waals surface area (Å²) in [4.78, 5) is 16.3. The van der Waals surface area contributed by atoms with E-state index in [0.717, 1.165) is 18.9 Å². The molecular formula is C17H29IN4O3. The van der Waals surface area contributed by atoms with Crippen molar-refractivity contribution in [2.45, 2.75) is 20.3 Å². The maximum atomic E-state index is 11.9. The first-order chi connectivity index (χ1) is 11.7. The molecule has 0 heterocycles. The van der Waals surface area contributed by atoms with Gasteiger partial charge in [0.2, 0.25) is 0 Å². The highest BCUT2D eigenvalue weighted by Crippen LogP contribution is 2.10. The standard InChI is InChI=1S/C17H28N4O3.HI/c1-3-18-17(21-11-12-24-4-2)20-10-6-9-19-16(23)14-7-5-8-15(22)13-14;/h5,7-8,13,22H,3-4,6,9-12H2,1-2H3,(H,19,23)(H2,18,20,21);1H. The van der Waals surface area contributed by atoms with E-state index in [4.69, 9.17) is 4.74 Å². The van der Waals surface area contributed by atoms with Crippen LogP contribution in [0.3, 0.4) is 0 Å². The van der Waals surface area contributed by atoms with E-state index in [0.29, 0.717) is 38.4 Å². The zero-order valence-electron chi connectivity index (χ0n) is 14.9. The molecule has 1 rings (SSSR count). The monoisotopic (exact) mass is 464 g/mol. The molecule has 0 fully saturated rings. The lowest BCUT2D eigenvalue weighted by Crippen LogP contribution is -2.39. The highest BCUT2D eigenvalue weighted by Gasteiger charge is 2.04. The third kappa shape index (κ3) is 10.8. The maximum absolute atomic E-state index is 11.9. The Bertz CT molecular complexity index is 526. The molecule has 0 spiro atoms. The fourth-order valence-electron chi connectivity index (χ4n) is 1.95. The number of benzene rings is 1. The highest BCUT2D eigenvalue weighted by molar-refractivity contribution is 14.0. The molecule has 0 radical (unpaired) electrons. The Hall–Kier alpha value is -1.55. The van der Waals surface area contributed by atoms with Crippen LogP contribution >= 0.6 is 24.0 Å². The Labute approximate surface area is 166 Å². The van der Waals surface area contributed by atoms with Crippen LogP contribution in [0.4, 0.5) is 0 Å². The van der Waals surface area contributed by atoms with Crippen molar-refractivity contribution < 1.29 is 14.6 Å². The van der Waals surface area contributed by atoms with Gasteiger partial charge in [-0.1, -0.05) is 6.07 Å². The molecule has 0 aliphatic heterocycles. The van der Waals surface area contributed by atoms with Crippen LogP contribution in [0.2, 0.25) is 0 Å². The minimum absolute atomic E-state index is 0. The van der Waals surface area contributed by atoms with Gasteiger partial charge < -0.3 is 25.8 Å². The molecule has 1 aromatic carbocycles. The summed E-state index contributed by atoms with van der Waals surface area (Å²) in [7, 11) is 0. The van der Waals surface area contributed by atoms with Gasteiger partial charge in [-0.15, -0.1) is 24.0 Å². The van der Waals surface area contributed by atoms with Crippen molar-refractivity contribution in [3.8, 4) is 5.75 Å². The summed E-state index contributed by atoms with van der Waals surface area (Å²) in [5.74, 6) is 0.633. The normalized spacial score (nSPS) is 10.7. The van der Waals surface area contributed by atoms with Crippen LogP contribution in [0.15, 0.2) is 29.3 Å². The largest absolute Gasteiger partial charge is 0.508 e. The van der Waals surface area contributed by atoms with Crippen molar-refractivity contribution in [1.29, 1.82) is 0 Å². The van der Waals surface area contributed by atoms with Crippen LogP contribution in [0, 0.1) is 0 Å². The number of aromatic hydroxyl groups is 1. The molecule has 0 bridgehead atoms. The summed E-state index contributed by atoms with van der Waals surface area (Å²) in [6.07, 6.45) is 0.729. The van der Waals surface area contributed by atoms with Gasteiger partial charge in [0.05, 0.1) is 6.61 Å². The predicted molar refractivity (Wildman–Crippen MR) is 111 cm³/mol. The molecule has 142 valence electrons. The number of phenolic OH excluding ortho intramolecular Hbond substituents is 1. The zero-order chi connectivity index (χ0) is 17.6. The predicted octanol–water partition coefficient (Wildman–Crippen LogP) is 1.72. The minimum Gasteiger partial charge on any atom is -0.508 e. The molecule has 0 aromatic heterocycles. The fraction of sp³-hybridized carbons (Fsp3) is 0.529. The number of ether oxygens (including phenoxy) is 1. The second-order valence-corrected chi connectivity index (χ2v) is 5.04. The first kappa shape index (κ1) is 23.4. The average molecular weight is 464 g/mol. The molecule has 7 nitrogen and oxygen atoms in total. The van der Waals surface area contributed by atoms with E-state index in [9.17, 15) is 9.90 Å². The van der Waals surface area contributed by atoms with E-state index in [2.05, 4.69) is 20.9 Å². The van der Waals surface area contributed by atoms with E-state index < -0.39 is 0 Å². The number of carbonyl (C=O) groups excluding carboxylic acids is 1. The lowest BCUT2D eigenvalue weighted by molar-refractivity contribution is 0.0953. The highest BCUT2D eigenvalue weighted by atomic mass is 127. The molecule has 0 atom stereocenters. The van der Waals surface area contributed by atoms with Crippen LogP contribution in [0.25, 0.3) is 0 Å². The van der Waals surface area contributed by atoms with Gasteiger partial charge in [0.1, 0.15) is 5.75 Å². The molecular weight excluding hydrogens is 435 g/mol. The van der Waals surface area contributed by atoms with Gasteiger partial charge in [-0.2, -0.15) is 0 Å². The average Bonchev–Trinajstić information content (AvgIpc) is 2.58. The second kappa shape index (κ2) is 14.8. The summed E-state index contributed by atoms with van der Waals surface area (Å²) < 4.78 is 5.27. The lowest BCUT2D eigenvalue weighted by Gasteiger charge is -2.11. The molecule has 8 heteroatoms. The van der Waals surface area contributed by atoms with E-state index in [1.807, 2.05) is 13.8 Å². The molecule has 0 aliphatic carbocycles. The van der Waals surface area contributed by atoms with Crippen molar-refractivity contribution in [2.75, 3.05) is 39.4 Å². The number of carbonyl (C=O) groups is 1. The van der Waals surface area contributed by atoms with Crippen LogP contribution in [0.1, 0.15) is 30.6 Å². The molecule has 1 amide bonds. The minimum atomic E-state index is -0.198. The SMILES string of the molecule is CCNC(=NCCCNC(=O)c1cccc(O)c1)NCCOCC.I. The van der Waals surface area contributed by atoms with E-state index in [1.165, 1.54) is 12.1 Å². The number of hydrogen-bond donors (Lipinski definition) is 4. The number of hydrogen-bond acceptors (Lipinski definition) is 4. The molecule has 4 N–H and O–H groups in total. The number of halogens is 1. The van der Waals surface area contributed by atoms with E-state index in [1.54, 1.807) is 12.1 Å². The third-order valence-electron chi connectivity index (χ3n) is 3.09. The number of nitrogens with one attached hydrogen (secondary N) is 3. The summed E-state index contributed by atoms with van der Waals surface area (Å²) in [6, 6.07) is 6.29. The maximum Gasteiger partial charge on any atom is 0.251 e. The van der Waals surface area contributed by atoms with Gasteiger partial charge in [0.25, 0.3) is 5.91 Å². The van der Waals surface area contributed by atoms with Gasteiger partial charge in [-0.25, -0.2) is 0 Å². The van der Waals surface area contributed by atoms with Crippen LogP contribution in [0.5, 0.6) is 5.75 Å². The van der Waals surface area contributed by atoms with Crippen molar-refractivity contribution in [1.82, 2.24) is 16.0 Å². The Balaban J connectivity index is 0.00000576. The fourth-order valence-corrected chi connectivity index (χ4v) is 1.95. The van der Waals surface area contributed by atoms with Gasteiger partial charge in [-0.05, 0) is 38.5 Å². The molecule has 0 unspecified atom stereocenters. The molecule has 25 heavy (non-hydrogen) atoms. The van der Waals surface area contributed by atoms with Crippen LogP contribution in [-0.4, -0.2) is 56.4 Å². The number of amides is 1. The number of nitrogens with zero attached hydrogens (tertiary/aromatic N) is 1. The summed E-state index contributed by atoms with van der Waals surface area (Å²) in [5, 5.41) is 18.5. The first-order valence-corrected chi connectivity index (χ1v) is 8.34. The molecule has 0 saturated carbocycles. The van der Waals surface area contributed by atoms with Crippen molar-refractivity contribution in [3.63, 3.8) is 0 Å². The summed E-state index contributed by atoms with van der Waals surface area (Å²) in [6.45, 7) is 7.93. The topological polar surface area (TPSA) is 95.0 Å². The van der Waals surface area contributed by atoms with E-state index in [-0.39, 0.29) is 35.6 Å². The first-order valence-electron chi connectivity index (χ1n) is 8.34.